The van der Waals surface area contributed by atoms with E-state index in [1.165, 1.54) is 11.8 Å². The van der Waals surface area contributed by atoms with Gasteiger partial charge in [-0.25, -0.2) is 9.97 Å². The fourth-order valence-electron chi connectivity index (χ4n) is 5.08. The molecule has 0 saturated carbocycles. The van der Waals surface area contributed by atoms with Crippen molar-refractivity contribution in [2.45, 2.75) is 18.1 Å². The van der Waals surface area contributed by atoms with Crippen LogP contribution >= 0.6 is 35.0 Å². The minimum Gasteiger partial charge on any atom is -0.497 e. The molecule has 0 radical (unpaired) electrons. The molecule has 2 saturated heterocycles. The summed E-state index contributed by atoms with van der Waals surface area (Å²) in [6.45, 7) is 6.58. The van der Waals surface area contributed by atoms with Gasteiger partial charge in [0.05, 0.1) is 12.9 Å². The van der Waals surface area contributed by atoms with Crippen molar-refractivity contribution < 1.29 is 14.3 Å². The molecule has 2 fully saturated rings. The van der Waals surface area contributed by atoms with Crippen molar-refractivity contribution in [2.75, 3.05) is 68.5 Å². The van der Waals surface area contributed by atoms with Crippen LogP contribution in [0.25, 0.3) is 0 Å². The number of ether oxygens (including phenoxy) is 1. The number of carbonyl (C=O) groups excluding carboxylic acids is 2. The van der Waals surface area contributed by atoms with Gasteiger partial charge in [-0.1, -0.05) is 41.0 Å². The summed E-state index contributed by atoms with van der Waals surface area (Å²) in [6, 6.07) is 16.6. The Morgan fingerprint density at radius 2 is 1.68 bits per heavy atom. The topological polar surface area (TPSA) is 82.1 Å². The zero-order valence-corrected chi connectivity index (χ0v) is 25.3. The molecule has 12 heteroatoms. The number of amides is 2. The third-order valence-electron chi connectivity index (χ3n) is 7.34. The number of anilines is 2. The number of halogens is 2. The standard InChI is InChI=1S/C29H32Cl2N6O3S/c1-20-18-36(14-15-37(20)28(39)21-6-8-24(40-2)9-7-21)26-17-25(31)32-29(33-26)41-19-27(38)35-12-10-34(11-13-35)23-5-3-4-22(30)16-23/h3-9,16-17,20H,10-15,18-19H2,1-2H3. The van der Waals surface area contributed by atoms with E-state index in [9.17, 15) is 9.59 Å². The van der Waals surface area contributed by atoms with Gasteiger partial charge in [-0.15, -0.1) is 0 Å². The molecule has 2 amide bonds. The molecular weight excluding hydrogens is 583 g/mol. The van der Waals surface area contributed by atoms with Crippen molar-refractivity contribution in [1.82, 2.24) is 19.8 Å². The maximum Gasteiger partial charge on any atom is 0.254 e. The number of thioether (sulfide) groups is 1. The smallest absolute Gasteiger partial charge is 0.254 e. The molecule has 1 atom stereocenters. The van der Waals surface area contributed by atoms with Crippen LogP contribution < -0.4 is 14.5 Å². The van der Waals surface area contributed by atoms with Gasteiger partial charge in [0.2, 0.25) is 5.91 Å². The van der Waals surface area contributed by atoms with Crippen LogP contribution in [0.4, 0.5) is 11.5 Å². The van der Waals surface area contributed by atoms with Crippen LogP contribution in [0.1, 0.15) is 17.3 Å². The van der Waals surface area contributed by atoms with Crippen LogP contribution in [0.2, 0.25) is 10.2 Å². The average molecular weight is 616 g/mol. The minimum atomic E-state index is -0.0321. The molecule has 3 heterocycles. The third kappa shape index (κ3) is 7.17. The Balaban J connectivity index is 1.14. The molecule has 2 aliphatic rings. The molecule has 2 aromatic carbocycles. The number of nitrogens with zero attached hydrogens (tertiary/aromatic N) is 6. The number of hydrogen-bond donors (Lipinski definition) is 0. The second-order valence-corrected chi connectivity index (χ2v) is 11.8. The fourth-order valence-corrected chi connectivity index (χ4v) is 6.25. The number of aromatic nitrogens is 2. The molecule has 216 valence electrons. The first-order valence-electron chi connectivity index (χ1n) is 13.5. The van der Waals surface area contributed by atoms with E-state index in [4.69, 9.17) is 32.9 Å². The van der Waals surface area contributed by atoms with Crippen LogP contribution in [-0.4, -0.2) is 96.3 Å². The molecule has 3 aromatic rings. The van der Waals surface area contributed by atoms with Crippen LogP contribution in [0.5, 0.6) is 5.75 Å². The number of carbonyl (C=O) groups is 2. The summed E-state index contributed by atoms with van der Waals surface area (Å²) in [4.78, 5) is 43.2. The predicted octanol–water partition coefficient (Wildman–Crippen LogP) is 4.58. The van der Waals surface area contributed by atoms with E-state index in [-0.39, 0.29) is 23.6 Å². The minimum absolute atomic E-state index is 0.0105. The lowest BCUT2D eigenvalue weighted by atomic mass is 10.1. The predicted molar refractivity (Wildman–Crippen MR) is 164 cm³/mol. The van der Waals surface area contributed by atoms with Gasteiger partial charge >= 0.3 is 0 Å². The third-order valence-corrected chi connectivity index (χ3v) is 8.60. The van der Waals surface area contributed by atoms with Gasteiger partial charge < -0.3 is 24.3 Å². The van der Waals surface area contributed by atoms with Crippen molar-refractivity contribution >= 4 is 58.3 Å². The first-order valence-corrected chi connectivity index (χ1v) is 15.2. The molecule has 0 bridgehead atoms. The second kappa shape index (κ2) is 13.2. The molecule has 1 unspecified atom stereocenters. The maximum absolute atomic E-state index is 13.1. The monoisotopic (exact) mass is 614 g/mol. The van der Waals surface area contributed by atoms with E-state index in [2.05, 4.69) is 14.8 Å². The number of hydrogen-bond acceptors (Lipinski definition) is 8. The zero-order valence-electron chi connectivity index (χ0n) is 23.0. The fraction of sp³-hybridized carbons (Fsp3) is 0.379. The van der Waals surface area contributed by atoms with Crippen LogP contribution in [0.3, 0.4) is 0 Å². The number of piperazine rings is 2. The van der Waals surface area contributed by atoms with E-state index in [0.29, 0.717) is 65.2 Å². The lowest BCUT2D eigenvalue weighted by Gasteiger charge is -2.40. The normalized spacial score (nSPS) is 17.5. The van der Waals surface area contributed by atoms with Gasteiger partial charge in [-0.3, -0.25) is 9.59 Å². The van der Waals surface area contributed by atoms with Crippen molar-refractivity contribution in [3.63, 3.8) is 0 Å². The Morgan fingerprint density at radius 3 is 2.37 bits per heavy atom. The Labute approximate surface area is 254 Å². The Kier molecular flexibility index (Phi) is 9.42. The average Bonchev–Trinajstić information content (AvgIpc) is 2.99. The lowest BCUT2D eigenvalue weighted by molar-refractivity contribution is -0.128. The lowest BCUT2D eigenvalue weighted by Crippen LogP contribution is -2.54. The van der Waals surface area contributed by atoms with E-state index in [1.54, 1.807) is 37.4 Å². The van der Waals surface area contributed by atoms with E-state index < -0.39 is 0 Å². The van der Waals surface area contributed by atoms with Crippen molar-refractivity contribution in [3.8, 4) is 5.75 Å². The molecular formula is C29H32Cl2N6O3S. The Morgan fingerprint density at radius 1 is 0.951 bits per heavy atom. The van der Waals surface area contributed by atoms with E-state index >= 15 is 0 Å². The molecule has 0 aliphatic carbocycles. The van der Waals surface area contributed by atoms with Gasteiger partial charge in [0.15, 0.2) is 5.16 Å². The van der Waals surface area contributed by atoms with Gasteiger partial charge in [-0.05, 0) is 49.4 Å². The summed E-state index contributed by atoms with van der Waals surface area (Å²) < 4.78 is 5.20. The van der Waals surface area contributed by atoms with Crippen molar-refractivity contribution in [2.24, 2.45) is 0 Å². The quantitative estimate of drug-likeness (QED) is 0.217. The summed E-state index contributed by atoms with van der Waals surface area (Å²) in [5.74, 6) is 1.68. The second-order valence-electron chi connectivity index (χ2n) is 9.99. The molecule has 9 nitrogen and oxygen atoms in total. The van der Waals surface area contributed by atoms with Gasteiger partial charge in [0, 0.05) is 74.2 Å². The molecule has 5 rings (SSSR count). The molecule has 0 spiro atoms. The highest BCUT2D eigenvalue weighted by Gasteiger charge is 2.29. The first-order chi connectivity index (χ1) is 19.8. The van der Waals surface area contributed by atoms with Crippen LogP contribution in [-0.2, 0) is 4.79 Å². The molecule has 2 aliphatic heterocycles. The highest BCUT2D eigenvalue weighted by molar-refractivity contribution is 7.99. The summed E-state index contributed by atoms with van der Waals surface area (Å²) in [5.41, 5.74) is 1.70. The Bertz CT molecular complexity index is 1390. The van der Waals surface area contributed by atoms with E-state index in [1.807, 2.05) is 41.0 Å². The van der Waals surface area contributed by atoms with Gasteiger partial charge in [0.25, 0.3) is 5.91 Å². The zero-order chi connectivity index (χ0) is 28.9. The molecule has 41 heavy (non-hydrogen) atoms. The van der Waals surface area contributed by atoms with E-state index in [0.717, 1.165) is 18.8 Å². The highest BCUT2D eigenvalue weighted by Crippen LogP contribution is 2.26. The number of rotatable bonds is 7. The van der Waals surface area contributed by atoms with Gasteiger partial charge in [-0.2, -0.15) is 0 Å². The first kappa shape index (κ1) is 29.3. The summed E-state index contributed by atoms with van der Waals surface area (Å²) in [6.07, 6.45) is 0. The molecule has 0 N–H and O–H groups in total. The maximum atomic E-state index is 13.1. The van der Waals surface area contributed by atoms with Gasteiger partial charge in [0.1, 0.15) is 16.7 Å². The van der Waals surface area contributed by atoms with Crippen molar-refractivity contribution in [1.29, 1.82) is 0 Å². The Hall–Kier alpha value is -3.21. The SMILES string of the molecule is COc1ccc(C(=O)N2CCN(c3cc(Cl)nc(SCC(=O)N4CCN(c5cccc(Cl)c5)CC4)n3)CC2C)cc1. The van der Waals surface area contributed by atoms with Crippen LogP contribution in [0, 0.1) is 0 Å². The summed E-state index contributed by atoms with van der Waals surface area (Å²) in [5, 5.41) is 1.49. The van der Waals surface area contributed by atoms with Crippen LogP contribution in [0.15, 0.2) is 59.8 Å². The van der Waals surface area contributed by atoms with Crippen molar-refractivity contribution in [3.05, 3.63) is 70.3 Å². The molecule has 1 aromatic heterocycles. The summed E-state index contributed by atoms with van der Waals surface area (Å²) >= 11 is 13.8. The number of benzene rings is 2. The largest absolute Gasteiger partial charge is 0.497 e. The number of methoxy groups -OCH3 is 1. The highest BCUT2D eigenvalue weighted by atomic mass is 35.5. The summed E-state index contributed by atoms with van der Waals surface area (Å²) in [7, 11) is 1.60.